The van der Waals surface area contributed by atoms with Crippen LogP contribution in [0.1, 0.15) is 6.42 Å². The fraction of sp³-hybridized carbons (Fsp3) is 0.200. The van der Waals surface area contributed by atoms with Crippen LogP contribution in [0.3, 0.4) is 0 Å². The van der Waals surface area contributed by atoms with E-state index in [9.17, 15) is 12.8 Å². The van der Waals surface area contributed by atoms with Gasteiger partial charge < -0.3 is 9.72 Å². The van der Waals surface area contributed by atoms with E-state index in [0.717, 1.165) is 11.1 Å². The number of nitrogens with zero attached hydrogens (tertiary/aromatic N) is 1. The van der Waals surface area contributed by atoms with Crippen LogP contribution in [0.5, 0.6) is 5.75 Å². The zero-order valence-corrected chi connectivity index (χ0v) is 17.4. The normalized spacial score (nSPS) is 17.6. The molecule has 0 bridgehead atoms. The first-order valence-electron chi connectivity index (χ1n) is 8.88. The Balaban J connectivity index is 1.47. The molecule has 0 amide bonds. The molecule has 1 aliphatic heterocycles. The average Bonchev–Trinajstić information content (AvgIpc) is 3.35. The summed E-state index contributed by atoms with van der Waals surface area (Å²) in [7, 11) is -3.77. The van der Waals surface area contributed by atoms with E-state index in [0.29, 0.717) is 6.42 Å². The van der Waals surface area contributed by atoms with Crippen LogP contribution in [0.4, 0.5) is 4.39 Å². The number of aromatic amines is 1. The minimum atomic E-state index is -3.77. The van der Waals surface area contributed by atoms with Gasteiger partial charge in [0, 0.05) is 29.0 Å². The van der Waals surface area contributed by atoms with E-state index in [-0.39, 0.29) is 33.8 Å². The highest BCUT2D eigenvalue weighted by atomic mass is 35.5. The van der Waals surface area contributed by atoms with Crippen molar-refractivity contribution in [2.75, 3.05) is 13.1 Å². The van der Waals surface area contributed by atoms with Crippen LogP contribution in [0.15, 0.2) is 59.8 Å². The second-order valence-corrected chi connectivity index (χ2v) is 9.55. The number of benzene rings is 2. The zero-order chi connectivity index (χ0) is 20.6. The number of sulfonamides is 1. The van der Waals surface area contributed by atoms with E-state index in [2.05, 4.69) is 4.98 Å². The van der Waals surface area contributed by atoms with Crippen LogP contribution < -0.4 is 4.74 Å². The maximum absolute atomic E-state index is 14.5. The lowest BCUT2D eigenvalue weighted by Crippen LogP contribution is -2.31. The number of halogens is 3. The van der Waals surface area contributed by atoms with Crippen LogP contribution in [0.25, 0.3) is 11.1 Å². The standard InChI is InChI=1S/C20H17Cl2FN2O3S/c21-15-8-16(22)10-18(9-15)29(26,27)25-6-4-17(12-25)28-20-2-1-13(7-19(20)23)14-3-5-24-11-14/h1-3,5,7-11,17,24H,4,6,12H2/t17-/m1/s1. The predicted molar refractivity (Wildman–Crippen MR) is 110 cm³/mol. The summed E-state index contributed by atoms with van der Waals surface area (Å²) in [5.74, 6) is -0.397. The SMILES string of the molecule is O=S(=O)(c1cc(Cl)cc(Cl)c1)N1CC[C@@H](Oc2ccc(-c3cc[nH]c3)cc2F)C1. The first kappa shape index (κ1) is 20.2. The van der Waals surface area contributed by atoms with Gasteiger partial charge in [0.25, 0.3) is 0 Å². The molecule has 1 saturated heterocycles. The number of aromatic nitrogens is 1. The molecule has 0 saturated carbocycles. The first-order chi connectivity index (χ1) is 13.8. The molecule has 3 aromatic rings. The smallest absolute Gasteiger partial charge is 0.243 e. The summed E-state index contributed by atoms with van der Waals surface area (Å²) in [6.45, 7) is 0.381. The topological polar surface area (TPSA) is 62.4 Å². The Bertz CT molecular complexity index is 1120. The van der Waals surface area contributed by atoms with Crippen LogP contribution in [0.2, 0.25) is 10.0 Å². The Morgan fingerprint density at radius 2 is 1.83 bits per heavy atom. The lowest BCUT2D eigenvalue weighted by molar-refractivity contribution is 0.206. The molecule has 1 aliphatic rings. The van der Waals surface area contributed by atoms with Gasteiger partial charge in [0.2, 0.25) is 10.0 Å². The van der Waals surface area contributed by atoms with Crippen LogP contribution in [-0.4, -0.2) is 36.9 Å². The number of ether oxygens (including phenoxy) is 1. The van der Waals surface area contributed by atoms with Gasteiger partial charge in [-0.25, -0.2) is 12.8 Å². The highest BCUT2D eigenvalue weighted by Crippen LogP contribution is 2.30. The molecule has 152 valence electrons. The van der Waals surface area contributed by atoms with Crippen molar-refractivity contribution in [3.63, 3.8) is 0 Å². The third-order valence-electron chi connectivity index (χ3n) is 4.74. The minimum Gasteiger partial charge on any atom is -0.486 e. The number of hydrogen-bond acceptors (Lipinski definition) is 3. The molecule has 1 atom stereocenters. The molecule has 4 rings (SSSR count). The monoisotopic (exact) mass is 454 g/mol. The lowest BCUT2D eigenvalue weighted by Gasteiger charge is -2.18. The molecule has 0 radical (unpaired) electrons. The molecular weight excluding hydrogens is 438 g/mol. The van der Waals surface area contributed by atoms with Crippen molar-refractivity contribution in [1.82, 2.24) is 9.29 Å². The molecule has 0 aliphatic carbocycles. The lowest BCUT2D eigenvalue weighted by atomic mass is 10.1. The zero-order valence-electron chi connectivity index (χ0n) is 15.1. The van der Waals surface area contributed by atoms with Crippen molar-refractivity contribution in [2.24, 2.45) is 0 Å². The molecular formula is C20H17Cl2FN2O3S. The van der Waals surface area contributed by atoms with Gasteiger partial charge >= 0.3 is 0 Å². The van der Waals surface area contributed by atoms with Gasteiger partial charge in [0.15, 0.2) is 11.6 Å². The molecule has 0 unspecified atom stereocenters. The van der Waals surface area contributed by atoms with E-state index in [1.165, 1.54) is 28.6 Å². The predicted octanol–water partition coefficient (Wildman–Crippen LogP) is 4.97. The quantitative estimate of drug-likeness (QED) is 0.591. The maximum Gasteiger partial charge on any atom is 0.243 e. The van der Waals surface area contributed by atoms with Crippen molar-refractivity contribution in [1.29, 1.82) is 0 Å². The van der Waals surface area contributed by atoms with Gasteiger partial charge in [-0.1, -0.05) is 29.3 Å². The van der Waals surface area contributed by atoms with E-state index in [1.54, 1.807) is 24.5 Å². The van der Waals surface area contributed by atoms with Gasteiger partial charge in [0.1, 0.15) is 6.10 Å². The second kappa shape index (κ2) is 7.99. The van der Waals surface area contributed by atoms with Crippen LogP contribution >= 0.6 is 23.2 Å². The van der Waals surface area contributed by atoms with Gasteiger partial charge in [0.05, 0.1) is 11.4 Å². The van der Waals surface area contributed by atoms with Crippen molar-refractivity contribution in [3.05, 3.63) is 70.7 Å². The largest absolute Gasteiger partial charge is 0.486 e. The third kappa shape index (κ3) is 4.28. The summed E-state index contributed by atoms with van der Waals surface area (Å²) in [5, 5.41) is 0.486. The number of H-pyrrole nitrogens is 1. The summed E-state index contributed by atoms with van der Waals surface area (Å²) >= 11 is 11.9. The Labute approximate surface area is 178 Å². The number of hydrogen-bond donors (Lipinski definition) is 1. The van der Waals surface area contributed by atoms with E-state index < -0.39 is 21.9 Å². The highest BCUT2D eigenvalue weighted by molar-refractivity contribution is 7.89. The summed E-state index contributed by atoms with van der Waals surface area (Å²) < 4.78 is 47.2. The molecule has 0 spiro atoms. The molecule has 9 heteroatoms. The summed E-state index contributed by atoms with van der Waals surface area (Å²) in [4.78, 5) is 2.95. The highest BCUT2D eigenvalue weighted by Gasteiger charge is 2.34. The summed E-state index contributed by atoms with van der Waals surface area (Å²) in [6.07, 6.45) is 3.54. The maximum atomic E-state index is 14.5. The fourth-order valence-electron chi connectivity index (χ4n) is 3.30. The number of rotatable bonds is 5. The van der Waals surface area contributed by atoms with Crippen LogP contribution in [0, 0.1) is 5.82 Å². The first-order valence-corrected chi connectivity index (χ1v) is 11.1. The number of nitrogens with one attached hydrogen (secondary N) is 1. The molecule has 1 aromatic heterocycles. The van der Waals surface area contributed by atoms with Crippen LogP contribution in [-0.2, 0) is 10.0 Å². The van der Waals surface area contributed by atoms with Crippen molar-refractivity contribution in [3.8, 4) is 16.9 Å². The molecule has 1 fully saturated rings. The molecule has 2 heterocycles. The van der Waals surface area contributed by atoms with Crippen molar-refractivity contribution >= 4 is 33.2 Å². The third-order valence-corrected chi connectivity index (χ3v) is 7.02. The minimum absolute atomic E-state index is 0.0256. The Kier molecular flexibility index (Phi) is 5.57. The Morgan fingerprint density at radius 1 is 1.07 bits per heavy atom. The van der Waals surface area contributed by atoms with Gasteiger partial charge in [-0.15, -0.1) is 0 Å². The molecule has 2 aromatic carbocycles. The Morgan fingerprint density at radius 3 is 2.48 bits per heavy atom. The van der Waals surface area contributed by atoms with Crippen molar-refractivity contribution in [2.45, 2.75) is 17.4 Å². The van der Waals surface area contributed by atoms with E-state index in [1.807, 2.05) is 6.07 Å². The van der Waals surface area contributed by atoms with Crippen molar-refractivity contribution < 1.29 is 17.5 Å². The van der Waals surface area contributed by atoms with Gasteiger partial charge in [-0.2, -0.15) is 4.31 Å². The van der Waals surface area contributed by atoms with E-state index in [4.69, 9.17) is 27.9 Å². The summed E-state index contributed by atoms with van der Waals surface area (Å²) in [5.41, 5.74) is 1.60. The summed E-state index contributed by atoms with van der Waals surface area (Å²) in [6, 6.07) is 10.8. The average molecular weight is 455 g/mol. The second-order valence-electron chi connectivity index (χ2n) is 6.74. The van der Waals surface area contributed by atoms with Gasteiger partial charge in [-0.05, 0) is 53.9 Å². The molecule has 5 nitrogen and oxygen atoms in total. The fourth-order valence-corrected chi connectivity index (χ4v) is 5.51. The van der Waals surface area contributed by atoms with E-state index >= 15 is 0 Å². The Hall–Kier alpha value is -2.06. The molecule has 29 heavy (non-hydrogen) atoms. The molecule has 1 N–H and O–H groups in total. The van der Waals surface area contributed by atoms with Gasteiger partial charge in [-0.3, -0.25) is 0 Å².